The second-order valence-corrected chi connectivity index (χ2v) is 10.3. The Morgan fingerprint density at radius 2 is 1.75 bits per heavy atom. The van der Waals surface area contributed by atoms with Crippen molar-refractivity contribution in [2.24, 2.45) is 0 Å². The summed E-state index contributed by atoms with van der Waals surface area (Å²) >= 11 is 1.75. The number of hydrogen-bond acceptors (Lipinski definition) is 5. The highest BCUT2D eigenvalue weighted by Crippen LogP contribution is 2.34. The number of thiophene rings is 1. The van der Waals surface area contributed by atoms with Gasteiger partial charge >= 0.3 is 0 Å². The largest absolute Gasteiger partial charge is 0.493 e. The molecule has 2 heterocycles. The lowest BCUT2D eigenvalue weighted by Gasteiger charge is -2.32. The minimum absolute atomic E-state index is 0.0541. The van der Waals surface area contributed by atoms with Crippen molar-refractivity contribution in [2.45, 2.75) is 38.5 Å². The van der Waals surface area contributed by atoms with Crippen LogP contribution in [0.4, 0.5) is 10.1 Å². The average molecular weight is 511 g/mol. The lowest BCUT2D eigenvalue weighted by molar-refractivity contribution is -0.132. The van der Waals surface area contributed by atoms with Crippen LogP contribution in [0.5, 0.6) is 11.5 Å². The Hall–Kier alpha value is -3.39. The zero-order valence-corrected chi connectivity index (χ0v) is 21.6. The summed E-state index contributed by atoms with van der Waals surface area (Å²) in [5.74, 6) is -0.384. The van der Waals surface area contributed by atoms with E-state index < -0.39 is 11.7 Å². The number of halogens is 1. The van der Waals surface area contributed by atoms with E-state index in [9.17, 15) is 14.0 Å². The summed E-state index contributed by atoms with van der Waals surface area (Å²) in [6.07, 6.45) is 3.16. The van der Waals surface area contributed by atoms with E-state index in [0.717, 1.165) is 32.4 Å². The summed E-state index contributed by atoms with van der Waals surface area (Å²) in [4.78, 5) is 29.9. The Kier molecular flexibility index (Phi) is 8.25. The SMILES string of the molecule is COc1ccc(F)c(C(=O)Nc2ccc(C3CCN(C(=O)CCc4ccc(C)s4)CC3)cc2)c1OC. The third-order valence-corrected chi connectivity index (χ3v) is 7.65. The monoisotopic (exact) mass is 510 g/mol. The van der Waals surface area contributed by atoms with Gasteiger partial charge in [0.15, 0.2) is 11.5 Å². The highest BCUT2D eigenvalue weighted by atomic mass is 32.1. The number of methoxy groups -OCH3 is 2. The molecule has 1 aromatic heterocycles. The number of ether oxygens (including phenoxy) is 2. The molecule has 0 aliphatic carbocycles. The van der Waals surface area contributed by atoms with Crippen LogP contribution >= 0.6 is 11.3 Å². The maximum Gasteiger partial charge on any atom is 0.262 e. The van der Waals surface area contributed by atoms with Gasteiger partial charge in [-0.25, -0.2) is 4.39 Å². The van der Waals surface area contributed by atoms with Crippen molar-refractivity contribution in [2.75, 3.05) is 32.6 Å². The summed E-state index contributed by atoms with van der Waals surface area (Å²) in [5.41, 5.74) is 1.52. The van der Waals surface area contributed by atoms with Gasteiger partial charge in [-0.1, -0.05) is 12.1 Å². The molecule has 1 N–H and O–H groups in total. The molecule has 0 saturated carbocycles. The van der Waals surface area contributed by atoms with Crippen LogP contribution in [0, 0.1) is 12.7 Å². The first-order valence-corrected chi connectivity index (χ1v) is 12.9. The van der Waals surface area contributed by atoms with Crippen molar-refractivity contribution in [1.29, 1.82) is 0 Å². The topological polar surface area (TPSA) is 67.9 Å². The molecule has 1 fully saturated rings. The van der Waals surface area contributed by atoms with Gasteiger partial charge in [0.2, 0.25) is 5.91 Å². The molecule has 8 heteroatoms. The standard InChI is InChI=1S/C28H31FN2O4S/c1-18-4-9-22(36-18)10-13-25(32)31-16-14-20(15-17-31)19-5-7-21(8-6-19)30-28(33)26-23(29)11-12-24(34-2)27(26)35-3/h4-9,11-12,20H,10,13-17H2,1-3H3,(H,30,33). The molecule has 1 saturated heterocycles. The first kappa shape index (κ1) is 25.7. The number of benzene rings is 2. The van der Waals surface area contributed by atoms with Gasteiger partial charge in [0.25, 0.3) is 5.91 Å². The molecule has 0 bridgehead atoms. The molecule has 2 aromatic carbocycles. The van der Waals surface area contributed by atoms with Crippen molar-refractivity contribution in [3.63, 3.8) is 0 Å². The summed E-state index contributed by atoms with van der Waals surface area (Å²) < 4.78 is 24.8. The summed E-state index contributed by atoms with van der Waals surface area (Å²) in [5, 5.41) is 2.74. The van der Waals surface area contributed by atoms with Gasteiger partial charge in [-0.3, -0.25) is 9.59 Å². The van der Waals surface area contributed by atoms with Gasteiger partial charge < -0.3 is 19.7 Å². The van der Waals surface area contributed by atoms with E-state index in [1.165, 1.54) is 41.7 Å². The second kappa shape index (κ2) is 11.6. The third kappa shape index (κ3) is 5.87. The highest BCUT2D eigenvalue weighted by Gasteiger charge is 2.25. The Balaban J connectivity index is 1.32. The molecule has 3 aromatic rings. The van der Waals surface area contributed by atoms with Crippen LogP contribution in [-0.2, 0) is 11.2 Å². The quantitative estimate of drug-likeness (QED) is 0.416. The first-order chi connectivity index (χ1) is 17.4. The van der Waals surface area contributed by atoms with Crippen LogP contribution in [0.2, 0.25) is 0 Å². The molecule has 4 rings (SSSR count). The Morgan fingerprint density at radius 1 is 1.03 bits per heavy atom. The van der Waals surface area contributed by atoms with E-state index in [1.54, 1.807) is 11.3 Å². The second-order valence-electron chi connectivity index (χ2n) is 8.90. The highest BCUT2D eigenvalue weighted by molar-refractivity contribution is 7.11. The number of hydrogen-bond donors (Lipinski definition) is 1. The lowest BCUT2D eigenvalue weighted by atomic mass is 9.89. The number of nitrogens with zero attached hydrogens (tertiary/aromatic N) is 1. The summed E-state index contributed by atoms with van der Waals surface area (Å²) in [6, 6.07) is 14.4. The number of anilines is 1. The van der Waals surface area contributed by atoms with E-state index in [4.69, 9.17) is 9.47 Å². The Labute approximate surface area is 215 Å². The molecule has 0 spiro atoms. The van der Waals surface area contributed by atoms with Crippen LogP contribution in [-0.4, -0.2) is 44.0 Å². The fourth-order valence-corrected chi connectivity index (χ4v) is 5.51. The summed E-state index contributed by atoms with van der Waals surface area (Å²) in [7, 11) is 2.80. The molecule has 6 nitrogen and oxygen atoms in total. The van der Waals surface area contributed by atoms with Crippen LogP contribution in [0.3, 0.4) is 0 Å². The molecular formula is C28H31FN2O4S. The van der Waals surface area contributed by atoms with Crippen molar-refractivity contribution in [3.05, 3.63) is 75.2 Å². The molecule has 1 aliphatic rings. The van der Waals surface area contributed by atoms with Crippen molar-refractivity contribution < 1.29 is 23.5 Å². The first-order valence-electron chi connectivity index (χ1n) is 12.0. The Morgan fingerprint density at radius 3 is 2.36 bits per heavy atom. The van der Waals surface area contributed by atoms with Crippen molar-refractivity contribution >= 4 is 28.8 Å². The van der Waals surface area contributed by atoms with Gasteiger partial charge in [0.1, 0.15) is 11.4 Å². The van der Waals surface area contributed by atoms with Gasteiger partial charge in [-0.2, -0.15) is 0 Å². The summed E-state index contributed by atoms with van der Waals surface area (Å²) in [6.45, 7) is 3.58. The number of carbonyl (C=O) groups is 2. The zero-order valence-electron chi connectivity index (χ0n) is 20.8. The minimum Gasteiger partial charge on any atom is -0.493 e. The third-order valence-electron chi connectivity index (χ3n) is 6.59. The van der Waals surface area contributed by atoms with Crippen LogP contribution < -0.4 is 14.8 Å². The van der Waals surface area contributed by atoms with E-state index in [1.807, 2.05) is 29.2 Å². The van der Waals surface area contributed by atoms with Crippen LogP contribution in [0.25, 0.3) is 0 Å². The van der Waals surface area contributed by atoms with Crippen LogP contribution in [0.1, 0.15) is 50.9 Å². The van der Waals surface area contributed by atoms with Crippen LogP contribution in [0.15, 0.2) is 48.5 Å². The smallest absolute Gasteiger partial charge is 0.262 e. The van der Waals surface area contributed by atoms with Crippen molar-refractivity contribution in [1.82, 2.24) is 4.90 Å². The number of amides is 2. The lowest BCUT2D eigenvalue weighted by Crippen LogP contribution is -2.38. The van der Waals surface area contributed by atoms with E-state index in [0.29, 0.717) is 18.0 Å². The molecule has 2 amide bonds. The molecule has 36 heavy (non-hydrogen) atoms. The van der Waals surface area contributed by atoms with E-state index >= 15 is 0 Å². The molecule has 0 radical (unpaired) electrons. The van der Waals surface area contributed by atoms with E-state index in [-0.39, 0.29) is 23.0 Å². The van der Waals surface area contributed by atoms with Gasteiger partial charge in [-0.15, -0.1) is 11.3 Å². The minimum atomic E-state index is -0.687. The maximum absolute atomic E-state index is 14.4. The molecular weight excluding hydrogens is 479 g/mol. The molecule has 0 atom stereocenters. The average Bonchev–Trinajstić information content (AvgIpc) is 3.32. The maximum atomic E-state index is 14.4. The number of piperidine rings is 1. The van der Waals surface area contributed by atoms with Gasteiger partial charge in [0, 0.05) is 35.0 Å². The van der Waals surface area contributed by atoms with Crippen molar-refractivity contribution in [3.8, 4) is 11.5 Å². The molecule has 0 unspecified atom stereocenters. The van der Waals surface area contributed by atoms with Gasteiger partial charge in [0.05, 0.1) is 14.2 Å². The zero-order chi connectivity index (χ0) is 25.7. The predicted octanol–water partition coefficient (Wildman–Crippen LogP) is 5.80. The number of aryl methyl sites for hydroxylation is 2. The number of carbonyl (C=O) groups excluding carboxylic acids is 2. The number of likely N-dealkylation sites (tertiary alicyclic amines) is 1. The Bertz CT molecular complexity index is 1220. The predicted molar refractivity (Wildman–Crippen MR) is 140 cm³/mol. The number of nitrogens with one attached hydrogen (secondary N) is 1. The molecule has 190 valence electrons. The van der Waals surface area contributed by atoms with E-state index in [2.05, 4.69) is 24.4 Å². The van der Waals surface area contributed by atoms with Gasteiger partial charge in [-0.05, 0) is 74.1 Å². The molecule has 1 aliphatic heterocycles. The normalized spacial score (nSPS) is 13.9. The fourth-order valence-electron chi connectivity index (χ4n) is 4.62. The number of rotatable bonds is 8. The fraction of sp³-hybridized carbons (Fsp3) is 0.357.